The van der Waals surface area contributed by atoms with Gasteiger partial charge in [0, 0.05) is 30.6 Å². The van der Waals surface area contributed by atoms with Gasteiger partial charge in [-0.25, -0.2) is 4.79 Å². The molecule has 1 aromatic carbocycles. The highest BCUT2D eigenvalue weighted by Crippen LogP contribution is 2.30. The number of likely N-dealkylation sites (N-methyl/N-ethyl adjacent to an activating group) is 1. The summed E-state index contributed by atoms with van der Waals surface area (Å²) < 4.78 is 10.6. The van der Waals surface area contributed by atoms with Crippen molar-refractivity contribution in [1.29, 1.82) is 0 Å². The fourth-order valence-electron chi connectivity index (χ4n) is 2.04. The summed E-state index contributed by atoms with van der Waals surface area (Å²) >= 11 is 6.16. The number of carbonyl (C=O) groups excluding carboxylic acids is 1. The SMILES string of the molecule is Cc1cc(=O)oc2cc(OCC(=O)NCCN(C)C)c(Cl)cc12. The Hall–Kier alpha value is -2.05. The molecule has 0 aliphatic rings. The van der Waals surface area contributed by atoms with Crippen molar-refractivity contribution in [2.24, 2.45) is 0 Å². The Balaban J connectivity index is 2.07. The van der Waals surface area contributed by atoms with Crippen LogP contribution in [0.2, 0.25) is 5.02 Å². The molecule has 0 saturated carbocycles. The average molecular weight is 339 g/mol. The number of hydrogen-bond acceptors (Lipinski definition) is 5. The van der Waals surface area contributed by atoms with Crippen LogP contribution in [0.25, 0.3) is 11.0 Å². The van der Waals surface area contributed by atoms with Gasteiger partial charge in [0.2, 0.25) is 0 Å². The lowest BCUT2D eigenvalue weighted by Crippen LogP contribution is -2.34. The molecule has 0 spiro atoms. The minimum Gasteiger partial charge on any atom is -0.482 e. The van der Waals surface area contributed by atoms with Gasteiger partial charge in [-0.3, -0.25) is 4.79 Å². The number of fused-ring (bicyclic) bond motifs is 1. The number of aryl methyl sites for hydroxylation is 1. The summed E-state index contributed by atoms with van der Waals surface area (Å²) in [5, 5.41) is 3.83. The number of amides is 1. The number of rotatable bonds is 6. The zero-order chi connectivity index (χ0) is 17.0. The number of halogens is 1. The lowest BCUT2D eigenvalue weighted by atomic mass is 10.1. The third kappa shape index (κ3) is 4.71. The zero-order valence-corrected chi connectivity index (χ0v) is 14.1. The summed E-state index contributed by atoms with van der Waals surface area (Å²) in [6.07, 6.45) is 0. The lowest BCUT2D eigenvalue weighted by Gasteiger charge is -2.12. The van der Waals surface area contributed by atoms with Crippen molar-refractivity contribution in [2.75, 3.05) is 33.8 Å². The monoisotopic (exact) mass is 338 g/mol. The van der Waals surface area contributed by atoms with Crippen molar-refractivity contribution < 1.29 is 13.9 Å². The Morgan fingerprint density at radius 2 is 2.09 bits per heavy atom. The molecule has 124 valence electrons. The summed E-state index contributed by atoms with van der Waals surface area (Å²) in [5.74, 6) is 0.0596. The first-order chi connectivity index (χ1) is 10.9. The first-order valence-electron chi connectivity index (χ1n) is 7.15. The number of hydrogen-bond donors (Lipinski definition) is 1. The van der Waals surface area contributed by atoms with Crippen LogP contribution < -0.4 is 15.7 Å². The maximum absolute atomic E-state index is 11.7. The third-order valence-corrected chi connectivity index (χ3v) is 3.54. The fourth-order valence-corrected chi connectivity index (χ4v) is 2.26. The van der Waals surface area contributed by atoms with Crippen molar-refractivity contribution in [2.45, 2.75) is 6.92 Å². The molecule has 0 unspecified atom stereocenters. The van der Waals surface area contributed by atoms with Crippen molar-refractivity contribution in [1.82, 2.24) is 10.2 Å². The van der Waals surface area contributed by atoms with Crippen molar-refractivity contribution in [3.63, 3.8) is 0 Å². The molecule has 23 heavy (non-hydrogen) atoms. The first-order valence-corrected chi connectivity index (χ1v) is 7.53. The Labute approximate surface area is 139 Å². The Bertz CT molecular complexity index is 770. The molecule has 2 rings (SSSR count). The van der Waals surface area contributed by atoms with E-state index in [1.807, 2.05) is 19.0 Å². The molecular formula is C16H19ClN2O4. The molecule has 7 heteroatoms. The molecule has 1 heterocycles. The molecular weight excluding hydrogens is 320 g/mol. The van der Waals surface area contributed by atoms with Crippen LogP contribution in [0.3, 0.4) is 0 Å². The Morgan fingerprint density at radius 1 is 1.35 bits per heavy atom. The highest BCUT2D eigenvalue weighted by atomic mass is 35.5. The topological polar surface area (TPSA) is 71.8 Å². The van der Waals surface area contributed by atoms with E-state index in [1.54, 1.807) is 13.0 Å². The van der Waals surface area contributed by atoms with E-state index in [0.29, 0.717) is 22.9 Å². The largest absolute Gasteiger partial charge is 0.482 e. The van der Waals surface area contributed by atoms with Crippen LogP contribution in [0.15, 0.2) is 27.4 Å². The molecule has 0 aliphatic carbocycles. The van der Waals surface area contributed by atoms with E-state index in [0.717, 1.165) is 17.5 Å². The highest BCUT2D eigenvalue weighted by molar-refractivity contribution is 6.32. The molecule has 0 atom stereocenters. The number of benzene rings is 1. The van der Waals surface area contributed by atoms with Crippen molar-refractivity contribution >= 4 is 28.5 Å². The van der Waals surface area contributed by atoms with Gasteiger partial charge in [0.25, 0.3) is 5.91 Å². The van der Waals surface area contributed by atoms with Crippen LogP contribution >= 0.6 is 11.6 Å². The standard InChI is InChI=1S/C16H19ClN2O4/c1-10-6-16(21)23-13-8-14(12(17)7-11(10)13)22-9-15(20)18-4-5-19(2)3/h6-8H,4-5,9H2,1-3H3,(H,18,20). The molecule has 1 N–H and O–H groups in total. The summed E-state index contributed by atoms with van der Waals surface area (Å²) in [6, 6.07) is 4.59. The molecule has 6 nitrogen and oxygen atoms in total. The number of ether oxygens (including phenoxy) is 1. The van der Waals surface area contributed by atoms with E-state index in [1.165, 1.54) is 12.1 Å². The number of carbonyl (C=O) groups is 1. The summed E-state index contributed by atoms with van der Waals surface area (Å²) in [5.41, 5.74) is 0.707. The van der Waals surface area contributed by atoms with Gasteiger partial charge in [0.05, 0.1) is 5.02 Å². The van der Waals surface area contributed by atoms with Gasteiger partial charge < -0.3 is 19.4 Å². The molecule has 2 aromatic rings. The predicted octanol–water partition coefficient (Wildman–Crippen LogP) is 1.81. The summed E-state index contributed by atoms with van der Waals surface area (Å²) in [6.45, 7) is 2.92. The van der Waals surface area contributed by atoms with Crippen molar-refractivity contribution in [3.05, 3.63) is 39.2 Å². The lowest BCUT2D eigenvalue weighted by molar-refractivity contribution is -0.123. The second kappa shape index (κ2) is 7.48. The smallest absolute Gasteiger partial charge is 0.336 e. The molecule has 0 saturated heterocycles. The van der Waals surface area contributed by atoms with Crippen LogP contribution in [0.1, 0.15) is 5.56 Å². The maximum Gasteiger partial charge on any atom is 0.336 e. The van der Waals surface area contributed by atoms with Crippen LogP contribution in [0, 0.1) is 6.92 Å². The van der Waals surface area contributed by atoms with Crippen LogP contribution in [0.5, 0.6) is 5.75 Å². The third-order valence-electron chi connectivity index (χ3n) is 3.24. The molecule has 0 fully saturated rings. The zero-order valence-electron chi connectivity index (χ0n) is 13.3. The van der Waals surface area contributed by atoms with Gasteiger partial charge in [-0.1, -0.05) is 11.6 Å². The Morgan fingerprint density at radius 3 is 2.78 bits per heavy atom. The maximum atomic E-state index is 11.7. The predicted molar refractivity (Wildman–Crippen MR) is 89.3 cm³/mol. The second-order valence-electron chi connectivity index (χ2n) is 5.47. The van der Waals surface area contributed by atoms with Gasteiger partial charge >= 0.3 is 5.63 Å². The molecule has 0 radical (unpaired) electrons. The van der Waals surface area contributed by atoms with Crippen LogP contribution in [-0.4, -0.2) is 44.6 Å². The normalized spacial score (nSPS) is 11.0. The molecule has 1 amide bonds. The molecule has 1 aromatic heterocycles. The van der Waals surface area contributed by atoms with Crippen LogP contribution in [0.4, 0.5) is 0 Å². The molecule has 0 bridgehead atoms. The Kier molecular flexibility index (Phi) is 5.63. The number of nitrogens with one attached hydrogen (secondary N) is 1. The van der Waals surface area contributed by atoms with Crippen molar-refractivity contribution in [3.8, 4) is 5.75 Å². The van der Waals surface area contributed by atoms with E-state index in [2.05, 4.69) is 5.32 Å². The second-order valence-corrected chi connectivity index (χ2v) is 5.88. The quantitative estimate of drug-likeness (QED) is 0.813. The fraction of sp³-hybridized carbons (Fsp3) is 0.375. The summed E-state index contributed by atoms with van der Waals surface area (Å²) in [7, 11) is 3.85. The first kappa shape index (κ1) is 17.3. The molecule has 0 aliphatic heterocycles. The van der Waals surface area contributed by atoms with E-state index in [-0.39, 0.29) is 12.5 Å². The average Bonchev–Trinajstić information content (AvgIpc) is 2.45. The van der Waals surface area contributed by atoms with Gasteiger partial charge in [-0.2, -0.15) is 0 Å². The van der Waals surface area contributed by atoms with E-state index >= 15 is 0 Å². The highest BCUT2D eigenvalue weighted by Gasteiger charge is 2.11. The van der Waals surface area contributed by atoms with Gasteiger partial charge in [-0.05, 0) is 32.6 Å². The minimum absolute atomic E-state index is 0.158. The van der Waals surface area contributed by atoms with Gasteiger partial charge in [0.1, 0.15) is 11.3 Å². The van der Waals surface area contributed by atoms with E-state index in [9.17, 15) is 9.59 Å². The number of nitrogens with zero attached hydrogens (tertiary/aromatic N) is 1. The van der Waals surface area contributed by atoms with E-state index < -0.39 is 5.63 Å². The van der Waals surface area contributed by atoms with Gasteiger partial charge in [0.15, 0.2) is 6.61 Å². The van der Waals surface area contributed by atoms with Gasteiger partial charge in [-0.15, -0.1) is 0 Å². The summed E-state index contributed by atoms with van der Waals surface area (Å²) in [4.78, 5) is 25.1. The van der Waals surface area contributed by atoms with E-state index in [4.69, 9.17) is 20.8 Å². The van der Waals surface area contributed by atoms with Crippen LogP contribution in [-0.2, 0) is 4.79 Å². The minimum atomic E-state index is -0.440.